The molecule has 3 rings (SSSR count). The molecule has 128 valence electrons. The molecule has 1 saturated carbocycles. The third-order valence-electron chi connectivity index (χ3n) is 5.05. The van der Waals surface area contributed by atoms with Gasteiger partial charge >= 0.3 is 0 Å². The number of hydrogen-bond acceptors (Lipinski definition) is 4. The average molecular weight is 358 g/mol. The zero-order valence-electron chi connectivity index (χ0n) is 13.5. The lowest BCUT2D eigenvalue weighted by Crippen LogP contribution is -2.29. The second-order valence-corrected chi connectivity index (χ2v) is 9.10. The monoisotopic (exact) mass is 357 g/mol. The predicted octanol–water partition coefficient (Wildman–Crippen LogP) is 3.67. The van der Waals surface area contributed by atoms with Crippen LogP contribution in [0.3, 0.4) is 0 Å². The maximum atomic E-state index is 12.9. The molecule has 4 nitrogen and oxygen atoms in total. The van der Waals surface area contributed by atoms with Crippen LogP contribution in [0, 0.1) is 0 Å². The van der Waals surface area contributed by atoms with E-state index in [0.717, 1.165) is 25.2 Å². The number of halogens is 1. The van der Waals surface area contributed by atoms with Gasteiger partial charge in [-0.15, -0.1) is 0 Å². The van der Waals surface area contributed by atoms with E-state index in [9.17, 15) is 8.42 Å². The van der Waals surface area contributed by atoms with Crippen molar-refractivity contribution < 1.29 is 13.2 Å². The number of nitrogens with zero attached hydrogens (tertiary/aromatic N) is 1. The Morgan fingerprint density at radius 3 is 2.52 bits per heavy atom. The highest BCUT2D eigenvalue weighted by molar-refractivity contribution is 7.92. The van der Waals surface area contributed by atoms with E-state index in [-0.39, 0.29) is 16.2 Å². The summed E-state index contributed by atoms with van der Waals surface area (Å²) in [6.07, 6.45) is 5.66. The Morgan fingerprint density at radius 1 is 1.17 bits per heavy atom. The first kappa shape index (κ1) is 17.1. The smallest absolute Gasteiger partial charge is 0.182 e. The summed E-state index contributed by atoms with van der Waals surface area (Å²) in [6, 6.07) is 5.39. The van der Waals surface area contributed by atoms with Crippen LogP contribution in [-0.4, -0.2) is 40.0 Å². The molecule has 0 N–H and O–H groups in total. The van der Waals surface area contributed by atoms with Gasteiger partial charge in [-0.3, -0.25) is 0 Å². The molecule has 0 spiro atoms. The Balaban J connectivity index is 1.82. The molecular formula is C17H24ClNO3S. The highest BCUT2D eigenvalue weighted by Gasteiger charge is 2.36. The third kappa shape index (κ3) is 3.52. The summed E-state index contributed by atoms with van der Waals surface area (Å²) < 4.78 is 31.0. The van der Waals surface area contributed by atoms with Crippen molar-refractivity contribution in [3.8, 4) is 0 Å². The average Bonchev–Trinajstić information content (AvgIpc) is 3.05. The maximum absolute atomic E-state index is 12.9. The van der Waals surface area contributed by atoms with E-state index in [1.165, 1.54) is 19.3 Å². The first-order valence-electron chi connectivity index (χ1n) is 8.33. The third-order valence-corrected chi connectivity index (χ3v) is 7.75. The molecule has 0 bridgehead atoms. The van der Waals surface area contributed by atoms with Crippen molar-refractivity contribution in [2.45, 2.75) is 54.8 Å². The highest BCUT2D eigenvalue weighted by atomic mass is 35.5. The lowest BCUT2D eigenvalue weighted by atomic mass is 10.1. The molecule has 0 aromatic heterocycles. The van der Waals surface area contributed by atoms with E-state index in [1.807, 2.05) is 12.1 Å². The van der Waals surface area contributed by atoms with Gasteiger partial charge in [-0.25, -0.2) is 8.42 Å². The van der Waals surface area contributed by atoms with Crippen LogP contribution >= 0.6 is 11.6 Å². The summed E-state index contributed by atoms with van der Waals surface area (Å²) in [6.45, 7) is 2.03. The summed E-state index contributed by atoms with van der Waals surface area (Å²) in [7, 11) is -1.75. The van der Waals surface area contributed by atoms with Crippen LogP contribution in [0.25, 0.3) is 0 Å². The van der Waals surface area contributed by atoms with Gasteiger partial charge in [0.15, 0.2) is 9.84 Å². The van der Waals surface area contributed by atoms with E-state index in [0.29, 0.717) is 17.9 Å². The van der Waals surface area contributed by atoms with Crippen molar-refractivity contribution >= 4 is 27.1 Å². The summed E-state index contributed by atoms with van der Waals surface area (Å²) in [4.78, 5) is 2.55. The summed E-state index contributed by atoms with van der Waals surface area (Å²) in [5, 5.41) is -0.0419. The first-order chi connectivity index (χ1) is 11.0. The van der Waals surface area contributed by atoms with Crippen LogP contribution in [0.4, 0.5) is 5.69 Å². The summed E-state index contributed by atoms with van der Waals surface area (Å²) in [5.74, 6) is 0. The van der Waals surface area contributed by atoms with Crippen molar-refractivity contribution in [2.24, 2.45) is 0 Å². The minimum atomic E-state index is -3.39. The molecule has 1 heterocycles. The summed E-state index contributed by atoms with van der Waals surface area (Å²) in [5.41, 5.74) is 1.02. The van der Waals surface area contributed by atoms with E-state index in [2.05, 4.69) is 4.90 Å². The lowest BCUT2D eigenvalue weighted by molar-refractivity contribution is 0.109. The molecule has 0 unspecified atom stereocenters. The number of benzene rings is 1. The van der Waals surface area contributed by atoms with Crippen LogP contribution in [0.1, 0.15) is 38.5 Å². The summed E-state index contributed by atoms with van der Waals surface area (Å²) >= 11 is 6.34. The van der Waals surface area contributed by atoms with Crippen LogP contribution in [0.15, 0.2) is 23.1 Å². The molecule has 1 saturated heterocycles. The van der Waals surface area contributed by atoms with Crippen molar-refractivity contribution in [2.75, 3.05) is 25.1 Å². The van der Waals surface area contributed by atoms with Crippen molar-refractivity contribution in [3.05, 3.63) is 23.2 Å². The number of rotatable bonds is 4. The Hall–Kier alpha value is -0.780. The molecule has 2 atom stereocenters. The normalized spacial score (nSPS) is 25.7. The van der Waals surface area contributed by atoms with E-state index >= 15 is 0 Å². The van der Waals surface area contributed by atoms with Crippen molar-refractivity contribution in [3.63, 3.8) is 0 Å². The quantitative estimate of drug-likeness (QED) is 0.824. The minimum Gasteiger partial charge on any atom is -0.381 e. The van der Waals surface area contributed by atoms with E-state index < -0.39 is 9.84 Å². The number of hydrogen-bond donors (Lipinski definition) is 0. The highest BCUT2D eigenvalue weighted by Crippen LogP contribution is 2.36. The molecule has 0 amide bonds. The molecular weight excluding hydrogens is 334 g/mol. The number of ether oxygens (including phenoxy) is 1. The number of methoxy groups -OCH3 is 1. The molecule has 23 heavy (non-hydrogen) atoms. The largest absolute Gasteiger partial charge is 0.381 e. The molecule has 1 aliphatic carbocycles. The van der Waals surface area contributed by atoms with Gasteiger partial charge in [0.25, 0.3) is 0 Å². The maximum Gasteiger partial charge on any atom is 0.182 e. The van der Waals surface area contributed by atoms with E-state index in [1.54, 1.807) is 13.2 Å². The van der Waals surface area contributed by atoms with Crippen molar-refractivity contribution in [1.82, 2.24) is 0 Å². The molecule has 1 aliphatic heterocycles. The SMILES string of the molecule is CO[C@@H]1CC[C@@H](S(=O)(=O)c2ccc(N3CCCCC3)cc2Cl)C1. The molecule has 1 aromatic rings. The van der Waals surface area contributed by atoms with Gasteiger partial charge in [-0.05, 0) is 56.7 Å². The Bertz CT molecular complexity index is 656. The molecule has 1 aromatic carbocycles. The van der Waals surface area contributed by atoms with Crippen molar-refractivity contribution in [1.29, 1.82) is 0 Å². The second-order valence-electron chi connectivity index (χ2n) is 6.50. The fraction of sp³-hybridized carbons (Fsp3) is 0.647. The zero-order valence-corrected chi connectivity index (χ0v) is 15.1. The molecule has 2 fully saturated rings. The number of piperidine rings is 1. The van der Waals surface area contributed by atoms with Gasteiger partial charge in [0.05, 0.1) is 21.3 Å². The standard InChI is InChI=1S/C17H24ClNO3S/c1-22-14-6-7-15(12-14)23(20,21)17-8-5-13(11-16(17)18)19-9-3-2-4-10-19/h5,8,11,14-15H,2-4,6-7,9-10,12H2,1H3/t14-,15-/m1/s1. The minimum absolute atomic E-state index is 0.0428. The number of anilines is 1. The van der Waals surface area contributed by atoms with Gasteiger partial charge in [0.1, 0.15) is 0 Å². The fourth-order valence-corrected chi connectivity index (χ4v) is 6.00. The van der Waals surface area contributed by atoms with Crippen LogP contribution in [0.2, 0.25) is 5.02 Å². The van der Waals surface area contributed by atoms with Gasteiger partial charge < -0.3 is 9.64 Å². The predicted molar refractivity (Wildman–Crippen MR) is 93.1 cm³/mol. The Kier molecular flexibility index (Phi) is 5.19. The van der Waals surface area contributed by atoms with Gasteiger partial charge in [-0.2, -0.15) is 0 Å². The lowest BCUT2D eigenvalue weighted by Gasteiger charge is -2.29. The van der Waals surface area contributed by atoms with Crippen LogP contribution in [0.5, 0.6) is 0 Å². The van der Waals surface area contributed by atoms with Gasteiger partial charge in [0, 0.05) is 25.9 Å². The molecule has 0 radical (unpaired) electrons. The fourth-order valence-electron chi connectivity index (χ4n) is 3.65. The topological polar surface area (TPSA) is 46.6 Å². The van der Waals surface area contributed by atoms with Gasteiger partial charge in [-0.1, -0.05) is 11.6 Å². The first-order valence-corrected chi connectivity index (χ1v) is 10.3. The Morgan fingerprint density at radius 2 is 1.91 bits per heavy atom. The second kappa shape index (κ2) is 6.99. The molecule has 2 aliphatic rings. The van der Waals surface area contributed by atoms with Crippen LogP contribution in [-0.2, 0) is 14.6 Å². The molecule has 6 heteroatoms. The van der Waals surface area contributed by atoms with E-state index in [4.69, 9.17) is 16.3 Å². The van der Waals surface area contributed by atoms with Crippen LogP contribution < -0.4 is 4.90 Å². The number of sulfone groups is 1. The zero-order chi connectivity index (χ0) is 16.4. The van der Waals surface area contributed by atoms with Gasteiger partial charge in [0.2, 0.25) is 0 Å². The Labute approximate surface area is 143 Å².